The first-order chi connectivity index (χ1) is 9.91. The van der Waals surface area contributed by atoms with Crippen LogP contribution >= 0.6 is 0 Å². The van der Waals surface area contributed by atoms with E-state index in [4.69, 9.17) is 0 Å². The average Bonchev–Trinajstić information content (AvgIpc) is 2.46. The first-order valence-corrected chi connectivity index (χ1v) is 7.75. The van der Waals surface area contributed by atoms with E-state index in [0.717, 1.165) is 12.7 Å². The second-order valence-electron chi connectivity index (χ2n) is 4.45. The van der Waals surface area contributed by atoms with Gasteiger partial charge in [-0.25, -0.2) is 4.39 Å². The smallest absolute Gasteiger partial charge is 0.273 e. The molecule has 0 saturated heterocycles. The lowest BCUT2D eigenvalue weighted by Crippen LogP contribution is -2.40. The molecule has 2 aromatic rings. The maximum absolute atomic E-state index is 13.8. The molecular formula is C13H15FN3O3S+. The van der Waals surface area contributed by atoms with E-state index >= 15 is 0 Å². The van der Waals surface area contributed by atoms with Crippen LogP contribution in [0.15, 0.2) is 30.7 Å². The highest BCUT2D eigenvalue weighted by molar-refractivity contribution is 7.86. The minimum absolute atomic E-state index is 0.153. The molecule has 0 aliphatic rings. The highest BCUT2D eigenvalue weighted by Gasteiger charge is 2.15. The Morgan fingerprint density at radius 3 is 2.71 bits per heavy atom. The zero-order chi connectivity index (χ0) is 15.5. The summed E-state index contributed by atoms with van der Waals surface area (Å²) in [5.74, 6) is -0.603. The second-order valence-corrected chi connectivity index (χ2v) is 6.31. The zero-order valence-electron chi connectivity index (χ0n) is 11.7. The molecule has 112 valence electrons. The van der Waals surface area contributed by atoms with Gasteiger partial charge in [-0.2, -0.15) is 8.42 Å². The van der Waals surface area contributed by atoms with Gasteiger partial charge in [0.15, 0.2) is 12.7 Å². The van der Waals surface area contributed by atoms with Gasteiger partial charge in [0, 0.05) is 17.8 Å². The van der Waals surface area contributed by atoms with Gasteiger partial charge in [-0.05, 0) is 23.7 Å². The van der Waals surface area contributed by atoms with E-state index in [0.29, 0.717) is 5.56 Å². The lowest BCUT2D eigenvalue weighted by molar-refractivity contribution is -0.750. The van der Waals surface area contributed by atoms with Crippen LogP contribution in [0.4, 0.5) is 4.39 Å². The first-order valence-electron chi connectivity index (χ1n) is 6.18. The molecule has 0 amide bonds. The maximum atomic E-state index is 13.8. The van der Waals surface area contributed by atoms with Gasteiger partial charge in [-0.15, -0.1) is 0 Å². The van der Waals surface area contributed by atoms with Crippen molar-refractivity contribution in [2.24, 2.45) is 0 Å². The van der Waals surface area contributed by atoms with E-state index in [2.05, 4.69) is 14.3 Å². The minimum Gasteiger partial charge on any atom is -0.273 e. The van der Waals surface area contributed by atoms with Crippen molar-refractivity contribution in [3.8, 4) is 11.3 Å². The second kappa shape index (κ2) is 6.23. The molecule has 8 heteroatoms. The Bertz CT molecular complexity index is 733. The molecule has 0 N–H and O–H groups in total. The SMILES string of the molecule is COS(=O)(=O)CC[n+]1ccc(-c2ncc(C)cc2F)cn1. The predicted molar refractivity (Wildman–Crippen MR) is 73.2 cm³/mol. The van der Waals surface area contributed by atoms with Gasteiger partial charge >= 0.3 is 0 Å². The summed E-state index contributed by atoms with van der Waals surface area (Å²) in [7, 11) is -2.41. The average molecular weight is 312 g/mol. The van der Waals surface area contributed by atoms with Crippen molar-refractivity contribution < 1.29 is 21.7 Å². The van der Waals surface area contributed by atoms with Crippen LogP contribution < -0.4 is 4.68 Å². The van der Waals surface area contributed by atoms with Crippen LogP contribution in [-0.4, -0.2) is 31.4 Å². The number of aromatic nitrogens is 3. The molecule has 0 unspecified atom stereocenters. The first kappa shape index (κ1) is 15.5. The van der Waals surface area contributed by atoms with Crippen molar-refractivity contribution in [1.82, 2.24) is 10.1 Å². The summed E-state index contributed by atoms with van der Waals surface area (Å²) in [6.45, 7) is 1.91. The number of nitrogens with zero attached hydrogens (tertiary/aromatic N) is 3. The van der Waals surface area contributed by atoms with Crippen LogP contribution in [0.2, 0.25) is 0 Å². The number of aryl methyl sites for hydroxylation is 2. The summed E-state index contributed by atoms with van der Waals surface area (Å²) in [5, 5.41) is 4.05. The highest BCUT2D eigenvalue weighted by atomic mass is 32.2. The number of hydrogen-bond acceptors (Lipinski definition) is 5. The predicted octanol–water partition coefficient (Wildman–Crippen LogP) is 0.855. The van der Waals surface area contributed by atoms with Crippen molar-refractivity contribution in [3.63, 3.8) is 0 Å². The van der Waals surface area contributed by atoms with Crippen molar-refractivity contribution in [1.29, 1.82) is 0 Å². The van der Waals surface area contributed by atoms with E-state index in [1.807, 2.05) is 0 Å². The minimum atomic E-state index is -3.52. The summed E-state index contributed by atoms with van der Waals surface area (Å²) in [4.78, 5) is 4.04. The van der Waals surface area contributed by atoms with E-state index < -0.39 is 15.9 Å². The Morgan fingerprint density at radius 2 is 2.14 bits per heavy atom. The molecular weight excluding hydrogens is 297 g/mol. The lowest BCUT2D eigenvalue weighted by Gasteiger charge is -2.02. The third-order valence-electron chi connectivity index (χ3n) is 2.85. The van der Waals surface area contributed by atoms with Crippen LogP contribution in [0.25, 0.3) is 11.3 Å². The molecule has 0 aliphatic heterocycles. The van der Waals surface area contributed by atoms with E-state index in [1.54, 1.807) is 25.4 Å². The molecule has 21 heavy (non-hydrogen) atoms. The summed E-state index contributed by atoms with van der Waals surface area (Å²) in [5.41, 5.74) is 1.48. The van der Waals surface area contributed by atoms with E-state index in [9.17, 15) is 12.8 Å². The molecule has 0 atom stereocenters. The van der Waals surface area contributed by atoms with Crippen molar-refractivity contribution in [3.05, 3.63) is 42.1 Å². The summed E-state index contributed by atoms with van der Waals surface area (Å²) >= 11 is 0. The molecule has 0 bridgehead atoms. The number of pyridine rings is 1. The Labute approximate surface area is 122 Å². The summed E-state index contributed by atoms with van der Waals surface area (Å²) in [6.07, 6.45) is 4.59. The molecule has 0 fully saturated rings. The number of hydrogen-bond donors (Lipinski definition) is 0. The van der Waals surface area contributed by atoms with Gasteiger partial charge in [0.1, 0.15) is 23.5 Å². The van der Waals surface area contributed by atoms with Gasteiger partial charge in [0.05, 0.1) is 7.11 Å². The molecule has 0 saturated carbocycles. The van der Waals surface area contributed by atoms with Gasteiger partial charge in [-0.3, -0.25) is 9.17 Å². The van der Waals surface area contributed by atoms with Gasteiger partial charge < -0.3 is 0 Å². The van der Waals surface area contributed by atoms with Crippen LogP contribution in [0.1, 0.15) is 5.56 Å². The van der Waals surface area contributed by atoms with Gasteiger partial charge in [0.25, 0.3) is 10.1 Å². The molecule has 6 nitrogen and oxygen atoms in total. The molecule has 0 aliphatic carbocycles. The van der Waals surface area contributed by atoms with Gasteiger partial charge in [0.2, 0.25) is 0 Å². The molecule has 2 rings (SSSR count). The molecule has 2 aromatic heterocycles. The third kappa shape index (κ3) is 4.02. The lowest BCUT2D eigenvalue weighted by atomic mass is 10.2. The monoisotopic (exact) mass is 312 g/mol. The molecule has 0 radical (unpaired) electrons. The Hall–Kier alpha value is -1.93. The molecule has 0 spiro atoms. The fourth-order valence-electron chi connectivity index (χ4n) is 1.69. The van der Waals surface area contributed by atoms with Crippen molar-refractivity contribution >= 4 is 10.1 Å². The summed E-state index contributed by atoms with van der Waals surface area (Å²) < 4.78 is 42.0. The fourth-order valence-corrected chi connectivity index (χ4v) is 2.27. The Kier molecular flexibility index (Phi) is 4.59. The highest BCUT2D eigenvalue weighted by Crippen LogP contribution is 2.18. The van der Waals surface area contributed by atoms with Crippen LogP contribution in [0, 0.1) is 12.7 Å². The fraction of sp³-hybridized carbons (Fsp3) is 0.308. The Morgan fingerprint density at radius 1 is 1.38 bits per heavy atom. The molecule has 0 aromatic carbocycles. The summed E-state index contributed by atoms with van der Waals surface area (Å²) in [6, 6.07) is 3.03. The Balaban J connectivity index is 2.15. The third-order valence-corrected chi connectivity index (χ3v) is 4.04. The largest absolute Gasteiger partial charge is 0.273 e. The quantitative estimate of drug-likeness (QED) is 0.605. The molecule has 2 heterocycles. The normalized spacial score (nSPS) is 11.6. The van der Waals surface area contributed by atoms with E-state index in [1.165, 1.54) is 16.9 Å². The van der Waals surface area contributed by atoms with Gasteiger partial charge in [-0.1, -0.05) is 4.68 Å². The number of rotatable bonds is 5. The maximum Gasteiger partial charge on any atom is 0.273 e. The van der Waals surface area contributed by atoms with E-state index in [-0.39, 0.29) is 18.0 Å². The van der Waals surface area contributed by atoms with Crippen molar-refractivity contribution in [2.45, 2.75) is 13.5 Å². The van der Waals surface area contributed by atoms with Crippen LogP contribution in [0.5, 0.6) is 0 Å². The van der Waals surface area contributed by atoms with Crippen molar-refractivity contribution in [2.75, 3.05) is 12.9 Å². The standard InChI is InChI=1S/C13H15FN3O3S/c1-10-7-12(14)13(15-8-10)11-3-4-17(16-9-11)5-6-21(18,19)20-2/h3-4,7-9H,5-6H2,1-2H3/q+1. The van der Waals surface area contributed by atoms with Crippen LogP contribution in [-0.2, 0) is 20.8 Å². The topological polar surface area (TPSA) is 73.0 Å². The number of halogens is 1. The zero-order valence-corrected chi connectivity index (χ0v) is 12.5. The van der Waals surface area contributed by atoms with Crippen LogP contribution in [0.3, 0.4) is 0 Å².